The van der Waals surface area contributed by atoms with Crippen molar-refractivity contribution in [3.63, 3.8) is 0 Å². The summed E-state index contributed by atoms with van der Waals surface area (Å²) in [5.74, 6) is 0.843. The molecule has 1 unspecified atom stereocenters. The Balaban J connectivity index is 2.29. The first-order valence-electron chi connectivity index (χ1n) is 13.6. The summed E-state index contributed by atoms with van der Waals surface area (Å²) < 4.78 is 5.85. The predicted molar refractivity (Wildman–Crippen MR) is 156 cm³/mol. The van der Waals surface area contributed by atoms with Crippen LogP contribution in [0.25, 0.3) is 0 Å². The molecule has 0 saturated heterocycles. The zero-order valence-corrected chi connectivity index (χ0v) is 23.6. The lowest BCUT2D eigenvalue weighted by molar-refractivity contribution is -0.126. The van der Waals surface area contributed by atoms with Crippen LogP contribution in [0.5, 0.6) is 0 Å². The van der Waals surface area contributed by atoms with Crippen LogP contribution in [0.1, 0.15) is 63.8 Å². The molecule has 1 atom stereocenters. The minimum Gasteiger partial charge on any atom is -0.496 e. The second kappa shape index (κ2) is 15.9. The topological polar surface area (TPSA) is 44.8 Å². The van der Waals surface area contributed by atoms with Crippen LogP contribution >= 0.6 is 0 Å². The number of nitrogens with zero attached hydrogens (tertiary/aromatic N) is 2. The molecule has 0 saturated carbocycles. The van der Waals surface area contributed by atoms with Gasteiger partial charge in [0.1, 0.15) is 11.8 Å². The van der Waals surface area contributed by atoms with Crippen LogP contribution in [0.2, 0.25) is 0 Å². The van der Waals surface area contributed by atoms with Crippen molar-refractivity contribution in [3.8, 4) is 0 Å². The van der Waals surface area contributed by atoms with E-state index in [0.717, 1.165) is 50.2 Å². The van der Waals surface area contributed by atoms with E-state index in [-0.39, 0.29) is 11.9 Å². The van der Waals surface area contributed by atoms with Gasteiger partial charge in [-0.15, -0.1) is 6.58 Å². The molecule has 1 N–H and O–H groups in total. The standard InChI is InChI=1S/C32H47N3O2/c1-8-12-14-27(10-3)22-28-15-16-30-29(23-28)17-19-35(24-26(7)37-21-13-9-2)31(30)32(36)33-18-20-34(11-4)25(5)6/h8-10,12,14-16,23-25,31H,1-2,11,13,17-22H2,3-7H3,(H,33,36)/b14-12-,26-24+,27-10+. The van der Waals surface area contributed by atoms with Crippen LogP contribution in [0.4, 0.5) is 0 Å². The number of likely N-dealkylation sites (N-methyl/N-ethyl adjacent to an activating group) is 1. The van der Waals surface area contributed by atoms with Gasteiger partial charge in [0.2, 0.25) is 5.91 Å². The Labute approximate surface area is 225 Å². The molecule has 5 nitrogen and oxygen atoms in total. The number of nitrogens with one attached hydrogen (secondary N) is 1. The molecule has 0 aliphatic carbocycles. The lowest BCUT2D eigenvalue weighted by Crippen LogP contribution is -2.45. The summed E-state index contributed by atoms with van der Waals surface area (Å²) in [7, 11) is 0. The van der Waals surface area contributed by atoms with Gasteiger partial charge < -0.3 is 15.0 Å². The second-order valence-electron chi connectivity index (χ2n) is 9.74. The number of amides is 1. The lowest BCUT2D eigenvalue weighted by Gasteiger charge is -2.36. The molecule has 37 heavy (non-hydrogen) atoms. The normalized spacial score (nSPS) is 16.3. The van der Waals surface area contributed by atoms with Crippen LogP contribution < -0.4 is 5.32 Å². The molecular formula is C32H47N3O2. The molecule has 1 aromatic rings. The van der Waals surface area contributed by atoms with Gasteiger partial charge >= 0.3 is 0 Å². The van der Waals surface area contributed by atoms with Gasteiger partial charge in [0.15, 0.2) is 0 Å². The Morgan fingerprint density at radius 3 is 2.76 bits per heavy atom. The minimum atomic E-state index is -0.383. The van der Waals surface area contributed by atoms with Crippen LogP contribution in [-0.4, -0.2) is 54.5 Å². The van der Waals surface area contributed by atoms with E-state index in [2.05, 4.69) is 86.3 Å². The number of carbonyl (C=O) groups is 1. The Morgan fingerprint density at radius 2 is 2.11 bits per heavy atom. The zero-order valence-electron chi connectivity index (χ0n) is 23.6. The molecule has 0 bridgehead atoms. The third-order valence-corrected chi connectivity index (χ3v) is 6.78. The number of rotatable bonds is 15. The van der Waals surface area contributed by atoms with Gasteiger partial charge in [0, 0.05) is 31.9 Å². The van der Waals surface area contributed by atoms with E-state index < -0.39 is 0 Å². The van der Waals surface area contributed by atoms with E-state index >= 15 is 0 Å². The second-order valence-corrected chi connectivity index (χ2v) is 9.74. The Bertz CT molecular complexity index is 990. The number of ether oxygens (including phenoxy) is 1. The summed E-state index contributed by atoms with van der Waals surface area (Å²) in [6.07, 6.45) is 14.4. The fourth-order valence-electron chi connectivity index (χ4n) is 4.70. The zero-order chi connectivity index (χ0) is 27.2. The smallest absolute Gasteiger partial charge is 0.247 e. The quantitative estimate of drug-likeness (QED) is 0.135. The Hall–Kier alpha value is -3.05. The highest BCUT2D eigenvalue weighted by Gasteiger charge is 2.32. The molecular weight excluding hydrogens is 458 g/mol. The molecule has 1 aliphatic heterocycles. The van der Waals surface area contributed by atoms with E-state index in [9.17, 15) is 4.79 Å². The van der Waals surface area contributed by atoms with Gasteiger partial charge in [-0.3, -0.25) is 9.69 Å². The molecule has 1 aromatic carbocycles. The lowest BCUT2D eigenvalue weighted by atomic mass is 9.89. The number of fused-ring (bicyclic) bond motifs is 1. The van der Waals surface area contributed by atoms with Gasteiger partial charge in [-0.2, -0.15) is 0 Å². The summed E-state index contributed by atoms with van der Waals surface area (Å²) in [6.45, 7) is 21.9. The van der Waals surface area contributed by atoms with Crippen LogP contribution in [0.15, 0.2) is 79.3 Å². The third-order valence-electron chi connectivity index (χ3n) is 6.78. The van der Waals surface area contributed by atoms with Crippen LogP contribution in [-0.2, 0) is 22.4 Å². The molecule has 0 fully saturated rings. The van der Waals surface area contributed by atoms with E-state index in [4.69, 9.17) is 4.74 Å². The first-order chi connectivity index (χ1) is 17.8. The predicted octanol–water partition coefficient (Wildman–Crippen LogP) is 6.12. The number of hydrogen-bond donors (Lipinski definition) is 1. The first-order valence-corrected chi connectivity index (χ1v) is 13.6. The monoisotopic (exact) mass is 505 g/mol. The highest BCUT2D eigenvalue weighted by molar-refractivity contribution is 5.84. The maximum absolute atomic E-state index is 13.6. The summed E-state index contributed by atoms with van der Waals surface area (Å²) in [4.78, 5) is 18.1. The average Bonchev–Trinajstić information content (AvgIpc) is 2.88. The molecule has 1 amide bonds. The van der Waals surface area contributed by atoms with Gasteiger partial charge in [-0.05, 0) is 75.8 Å². The highest BCUT2D eigenvalue weighted by Crippen LogP contribution is 2.32. The largest absolute Gasteiger partial charge is 0.496 e. The van der Waals surface area contributed by atoms with Crippen LogP contribution in [0.3, 0.4) is 0 Å². The highest BCUT2D eigenvalue weighted by atomic mass is 16.5. The third kappa shape index (κ3) is 9.40. The molecule has 0 spiro atoms. The fraction of sp³-hybridized carbons (Fsp3) is 0.469. The number of allylic oxidation sites excluding steroid dienone is 6. The van der Waals surface area contributed by atoms with E-state index in [1.54, 1.807) is 6.08 Å². The first kappa shape index (κ1) is 30.2. The molecule has 5 heteroatoms. The van der Waals surface area contributed by atoms with Crippen molar-refractivity contribution < 1.29 is 9.53 Å². The number of hydrogen-bond acceptors (Lipinski definition) is 4. The fourth-order valence-corrected chi connectivity index (χ4v) is 4.70. The SMILES string of the molecule is C=C/C=C\C(=C/C)Cc1ccc2c(c1)CCN(/C=C(\C)OCCC=C)C2C(=O)NCCN(CC)C(C)C. The molecule has 1 aliphatic rings. The maximum atomic E-state index is 13.6. The van der Waals surface area contributed by atoms with Crippen molar-refractivity contribution in [1.29, 1.82) is 0 Å². The molecule has 1 heterocycles. The number of benzene rings is 1. The van der Waals surface area contributed by atoms with E-state index in [1.807, 2.05) is 25.3 Å². The van der Waals surface area contributed by atoms with Gasteiger partial charge in [-0.1, -0.05) is 62.1 Å². The molecule has 2 rings (SSSR count). The van der Waals surface area contributed by atoms with Crippen molar-refractivity contribution in [2.75, 3.05) is 32.8 Å². The van der Waals surface area contributed by atoms with Gasteiger partial charge in [-0.25, -0.2) is 0 Å². The van der Waals surface area contributed by atoms with Crippen molar-refractivity contribution in [2.45, 2.75) is 66.0 Å². The number of carbonyl (C=O) groups excluding carboxylic acids is 1. The Kier molecular flexibility index (Phi) is 13.0. The molecule has 0 aromatic heterocycles. The van der Waals surface area contributed by atoms with Crippen molar-refractivity contribution >= 4 is 5.91 Å². The molecule has 0 radical (unpaired) electrons. The van der Waals surface area contributed by atoms with Crippen LogP contribution in [0, 0.1) is 0 Å². The summed E-state index contributed by atoms with van der Waals surface area (Å²) in [5, 5.41) is 3.21. The van der Waals surface area contributed by atoms with E-state index in [1.165, 1.54) is 16.7 Å². The summed E-state index contributed by atoms with van der Waals surface area (Å²) >= 11 is 0. The summed E-state index contributed by atoms with van der Waals surface area (Å²) in [6, 6.07) is 6.63. The van der Waals surface area contributed by atoms with E-state index in [0.29, 0.717) is 19.2 Å². The van der Waals surface area contributed by atoms with Gasteiger partial charge in [0.25, 0.3) is 0 Å². The van der Waals surface area contributed by atoms with Crippen molar-refractivity contribution in [1.82, 2.24) is 15.1 Å². The van der Waals surface area contributed by atoms with Crippen molar-refractivity contribution in [3.05, 3.63) is 96.0 Å². The minimum absolute atomic E-state index is 0.0340. The maximum Gasteiger partial charge on any atom is 0.247 e. The molecule has 202 valence electrons. The average molecular weight is 506 g/mol. The van der Waals surface area contributed by atoms with Crippen molar-refractivity contribution in [2.24, 2.45) is 0 Å². The Morgan fingerprint density at radius 1 is 1.32 bits per heavy atom. The summed E-state index contributed by atoms with van der Waals surface area (Å²) in [5.41, 5.74) is 4.81. The van der Waals surface area contributed by atoms with Gasteiger partial charge in [0.05, 0.1) is 6.61 Å².